The number of rotatable bonds is 3. The number of aryl methyl sites for hydroxylation is 1. The van der Waals surface area contributed by atoms with Crippen molar-refractivity contribution < 1.29 is 9.53 Å². The second-order valence-electron chi connectivity index (χ2n) is 6.04. The molecule has 1 aromatic heterocycles. The third-order valence-electron chi connectivity index (χ3n) is 4.55. The van der Waals surface area contributed by atoms with Crippen LogP contribution in [0.2, 0.25) is 0 Å². The van der Waals surface area contributed by atoms with Gasteiger partial charge in [-0.2, -0.15) is 5.10 Å². The van der Waals surface area contributed by atoms with E-state index in [9.17, 15) is 4.79 Å². The summed E-state index contributed by atoms with van der Waals surface area (Å²) < 4.78 is 5.79. The van der Waals surface area contributed by atoms with E-state index in [0.717, 1.165) is 23.6 Å². The van der Waals surface area contributed by atoms with Crippen molar-refractivity contribution >= 4 is 17.7 Å². The molecule has 7 heteroatoms. The van der Waals surface area contributed by atoms with Gasteiger partial charge in [0.05, 0.1) is 19.1 Å². The zero-order chi connectivity index (χ0) is 16.5. The summed E-state index contributed by atoms with van der Waals surface area (Å²) in [6, 6.07) is 8.19. The standard InChI is InChI=1S/C17H20N4O2S/c1-2-15-18-16(20-19-15)13-9-21(7-8-23-13)17(22)12-10-24-14-6-4-3-5-11(12)14/h3-6,12-13H,2,7-10H2,1H3,(H,18,19,20)/t12-,13-/m0/s1. The van der Waals surface area contributed by atoms with E-state index in [1.807, 2.05) is 24.0 Å². The molecule has 0 aliphatic carbocycles. The molecule has 0 unspecified atom stereocenters. The van der Waals surface area contributed by atoms with Gasteiger partial charge in [0.2, 0.25) is 5.91 Å². The van der Waals surface area contributed by atoms with Crippen molar-refractivity contribution in [3.63, 3.8) is 0 Å². The molecule has 2 aliphatic rings. The number of carbonyl (C=O) groups excluding carboxylic acids is 1. The number of carbonyl (C=O) groups is 1. The van der Waals surface area contributed by atoms with Crippen LogP contribution in [0.3, 0.4) is 0 Å². The lowest BCUT2D eigenvalue weighted by molar-refractivity contribution is -0.140. The van der Waals surface area contributed by atoms with Crippen molar-refractivity contribution in [3.05, 3.63) is 41.5 Å². The van der Waals surface area contributed by atoms with Crippen LogP contribution in [-0.4, -0.2) is 51.4 Å². The Bertz CT molecular complexity index is 748. The maximum absolute atomic E-state index is 13.0. The fraction of sp³-hybridized carbons (Fsp3) is 0.471. The lowest BCUT2D eigenvalue weighted by Crippen LogP contribution is -2.44. The number of aromatic amines is 1. The SMILES string of the molecule is CCc1nc([C@@H]2CN(C(=O)[C@H]3CSc4ccccc43)CCO2)n[nH]1. The molecule has 1 N–H and O–H groups in total. The molecule has 1 aromatic carbocycles. The van der Waals surface area contributed by atoms with Crippen LogP contribution in [0.15, 0.2) is 29.2 Å². The van der Waals surface area contributed by atoms with Crippen LogP contribution in [-0.2, 0) is 16.0 Å². The number of morpholine rings is 1. The summed E-state index contributed by atoms with van der Waals surface area (Å²) in [6.07, 6.45) is 0.557. The Morgan fingerprint density at radius 1 is 1.46 bits per heavy atom. The van der Waals surface area contributed by atoms with Gasteiger partial charge in [-0.1, -0.05) is 25.1 Å². The summed E-state index contributed by atoms with van der Waals surface area (Å²) in [5.41, 5.74) is 1.15. The Morgan fingerprint density at radius 2 is 2.33 bits per heavy atom. The van der Waals surface area contributed by atoms with Crippen molar-refractivity contribution in [2.24, 2.45) is 0 Å². The quantitative estimate of drug-likeness (QED) is 0.924. The average Bonchev–Trinajstić information content (AvgIpc) is 3.28. The summed E-state index contributed by atoms with van der Waals surface area (Å²) in [5.74, 6) is 2.44. The molecule has 2 aliphatic heterocycles. The smallest absolute Gasteiger partial charge is 0.231 e. The molecule has 126 valence electrons. The molecule has 3 heterocycles. The molecule has 1 fully saturated rings. The number of H-pyrrole nitrogens is 1. The van der Waals surface area contributed by atoms with Crippen molar-refractivity contribution in [1.82, 2.24) is 20.1 Å². The third kappa shape index (κ3) is 2.82. The van der Waals surface area contributed by atoms with Crippen molar-refractivity contribution in [3.8, 4) is 0 Å². The fourth-order valence-electron chi connectivity index (χ4n) is 3.21. The molecule has 2 atom stereocenters. The Labute approximate surface area is 145 Å². The lowest BCUT2D eigenvalue weighted by Gasteiger charge is -2.33. The van der Waals surface area contributed by atoms with Crippen LogP contribution in [0.1, 0.15) is 36.2 Å². The number of thioether (sulfide) groups is 1. The highest BCUT2D eigenvalue weighted by Crippen LogP contribution is 2.40. The van der Waals surface area contributed by atoms with Crippen molar-refractivity contribution in [1.29, 1.82) is 0 Å². The Kier molecular flexibility index (Phi) is 4.28. The molecule has 24 heavy (non-hydrogen) atoms. The monoisotopic (exact) mass is 344 g/mol. The van der Waals surface area contributed by atoms with Gasteiger partial charge in [-0.25, -0.2) is 4.98 Å². The van der Waals surface area contributed by atoms with Crippen LogP contribution >= 0.6 is 11.8 Å². The molecule has 0 radical (unpaired) electrons. The third-order valence-corrected chi connectivity index (χ3v) is 5.73. The normalized spacial score (nSPS) is 23.3. The van der Waals surface area contributed by atoms with Crippen LogP contribution in [0.4, 0.5) is 0 Å². The molecule has 2 aromatic rings. The number of nitrogens with zero attached hydrogens (tertiary/aromatic N) is 3. The highest BCUT2D eigenvalue weighted by atomic mass is 32.2. The summed E-state index contributed by atoms with van der Waals surface area (Å²) in [6.45, 7) is 3.69. The number of ether oxygens (including phenoxy) is 1. The van der Waals surface area contributed by atoms with Crippen LogP contribution in [0.5, 0.6) is 0 Å². The molecule has 0 bridgehead atoms. The van der Waals surface area contributed by atoms with Gasteiger partial charge in [0, 0.05) is 23.6 Å². The van der Waals surface area contributed by atoms with Crippen LogP contribution in [0.25, 0.3) is 0 Å². The second-order valence-corrected chi connectivity index (χ2v) is 7.10. The molecular weight excluding hydrogens is 324 g/mol. The van der Waals surface area contributed by atoms with E-state index >= 15 is 0 Å². The molecular formula is C17H20N4O2S. The molecule has 0 saturated carbocycles. The maximum atomic E-state index is 13.0. The first-order valence-corrected chi connectivity index (χ1v) is 9.28. The van der Waals surface area contributed by atoms with Gasteiger partial charge in [-0.3, -0.25) is 9.89 Å². The number of nitrogens with one attached hydrogen (secondary N) is 1. The molecule has 1 saturated heterocycles. The first-order chi connectivity index (χ1) is 11.8. The average molecular weight is 344 g/mol. The molecule has 0 spiro atoms. The van der Waals surface area contributed by atoms with Crippen LogP contribution < -0.4 is 0 Å². The zero-order valence-corrected chi connectivity index (χ0v) is 14.4. The van der Waals surface area contributed by atoms with E-state index in [1.165, 1.54) is 4.90 Å². The highest BCUT2D eigenvalue weighted by molar-refractivity contribution is 7.99. The van der Waals surface area contributed by atoms with Gasteiger partial charge < -0.3 is 9.64 Å². The minimum Gasteiger partial charge on any atom is -0.366 e. The predicted octanol–water partition coefficient (Wildman–Crippen LogP) is 2.16. The minimum atomic E-state index is -0.247. The maximum Gasteiger partial charge on any atom is 0.231 e. The molecule has 6 nitrogen and oxygen atoms in total. The van der Waals surface area contributed by atoms with E-state index in [2.05, 4.69) is 27.3 Å². The summed E-state index contributed by atoms with van der Waals surface area (Å²) in [4.78, 5) is 20.6. The van der Waals surface area contributed by atoms with E-state index < -0.39 is 0 Å². The second kappa shape index (κ2) is 6.57. The Balaban J connectivity index is 1.49. The highest BCUT2D eigenvalue weighted by Gasteiger charge is 2.35. The summed E-state index contributed by atoms with van der Waals surface area (Å²) in [7, 11) is 0. The van der Waals surface area contributed by atoms with Gasteiger partial charge in [0.15, 0.2) is 5.82 Å². The Morgan fingerprint density at radius 3 is 3.17 bits per heavy atom. The molecule has 1 amide bonds. The van der Waals surface area contributed by atoms with Gasteiger partial charge in [-0.15, -0.1) is 11.8 Å². The minimum absolute atomic E-state index is 0.0525. The number of benzene rings is 1. The first kappa shape index (κ1) is 15.7. The number of aromatic nitrogens is 3. The van der Waals surface area contributed by atoms with E-state index in [-0.39, 0.29) is 17.9 Å². The number of hydrogen-bond donors (Lipinski definition) is 1. The van der Waals surface area contributed by atoms with Gasteiger partial charge >= 0.3 is 0 Å². The van der Waals surface area contributed by atoms with Gasteiger partial charge in [0.25, 0.3) is 0 Å². The van der Waals surface area contributed by atoms with Gasteiger partial charge in [0.1, 0.15) is 11.9 Å². The number of amides is 1. The van der Waals surface area contributed by atoms with Gasteiger partial charge in [-0.05, 0) is 11.6 Å². The fourth-order valence-corrected chi connectivity index (χ4v) is 4.43. The first-order valence-electron chi connectivity index (χ1n) is 8.29. The van der Waals surface area contributed by atoms with E-state index in [4.69, 9.17) is 4.74 Å². The molecule has 4 rings (SSSR count). The summed E-state index contributed by atoms with van der Waals surface area (Å²) in [5, 5.41) is 7.15. The number of fused-ring (bicyclic) bond motifs is 1. The van der Waals surface area contributed by atoms with E-state index in [1.54, 1.807) is 11.8 Å². The zero-order valence-electron chi connectivity index (χ0n) is 13.6. The van der Waals surface area contributed by atoms with Crippen LogP contribution in [0, 0.1) is 0 Å². The van der Waals surface area contributed by atoms with E-state index in [0.29, 0.717) is 25.5 Å². The Hall–Kier alpha value is -1.86. The predicted molar refractivity (Wildman–Crippen MR) is 90.9 cm³/mol. The van der Waals surface area contributed by atoms with Crippen molar-refractivity contribution in [2.45, 2.75) is 30.3 Å². The topological polar surface area (TPSA) is 71.1 Å². The summed E-state index contributed by atoms with van der Waals surface area (Å²) >= 11 is 1.76. The van der Waals surface area contributed by atoms with Crippen molar-refractivity contribution in [2.75, 3.05) is 25.4 Å². The number of hydrogen-bond acceptors (Lipinski definition) is 5. The largest absolute Gasteiger partial charge is 0.366 e. The lowest BCUT2D eigenvalue weighted by atomic mass is 9.99.